The van der Waals surface area contributed by atoms with Crippen molar-refractivity contribution >= 4 is 28.1 Å². The highest BCUT2D eigenvalue weighted by Crippen LogP contribution is 2.25. The zero-order chi connectivity index (χ0) is 17.8. The largest absolute Gasteiger partial charge is 0.491 e. The third-order valence-electron chi connectivity index (χ3n) is 3.52. The molecule has 1 aromatic heterocycles. The molecule has 1 heterocycles. The summed E-state index contributed by atoms with van der Waals surface area (Å²) in [6, 6.07) is 15.9. The summed E-state index contributed by atoms with van der Waals surface area (Å²) in [6.45, 7) is 4.58. The average molecular weight is 419 g/mol. The Morgan fingerprint density at radius 2 is 2.00 bits per heavy atom. The first kappa shape index (κ1) is 17.7. The Bertz CT molecular complexity index is 905. The lowest BCUT2D eigenvalue weighted by molar-refractivity contribution is 0.240. The van der Waals surface area contributed by atoms with Gasteiger partial charge < -0.3 is 10.2 Å². The molecule has 25 heavy (non-hydrogen) atoms. The van der Waals surface area contributed by atoms with Gasteiger partial charge in [0.1, 0.15) is 5.75 Å². The lowest BCUT2D eigenvalue weighted by Gasteiger charge is -2.16. The molecule has 3 rings (SSSR count). The fraction of sp³-hybridized carbons (Fsp3) is 0.222. The monoisotopic (exact) mass is 418 g/mol. The number of aromatic nitrogens is 3. The summed E-state index contributed by atoms with van der Waals surface area (Å²) in [5.74, 6) is 1.59. The van der Waals surface area contributed by atoms with Crippen molar-refractivity contribution in [3.8, 4) is 17.1 Å². The molecule has 5 nitrogen and oxygen atoms in total. The van der Waals surface area contributed by atoms with Crippen LogP contribution in [0.3, 0.4) is 0 Å². The van der Waals surface area contributed by atoms with E-state index in [4.69, 9.17) is 17.0 Å². The van der Waals surface area contributed by atoms with E-state index in [1.54, 1.807) is 4.68 Å². The maximum Gasteiger partial charge on any atom is 0.214 e. The van der Waals surface area contributed by atoms with Crippen LogP contribution in [0.25, 0.3) is 11.4 Å². The molecule has 2 aromatic carbocycles. The van der Waals surface area contributed by atoms with Crippen LogP contribution in [0.4, 0.5) is 0 Å². The van der Waals surface area contributed by atoms with Crippen LogP contribution in [0, 0.1) is 4.77 Å². The SMILES string of the molecule is CC(C)Oc1ccc(Br)cc1CNn1c(-c2ccccc2)n[nH]c1=S. The van der Waals surface area contributed by atoms with Crippen LogP contribution in [0.1, 0.15) is 19.4 Å². The number of aromatic amines is 1. The fourth-order valence-electron chi connectivity index (χ4n) is 2.44. The average Bonchev–Trinajstić information content (AvgIpc) is 2.96. The molecule has 0 aliphatic heterocycles. The molecule has 0 spiro atoms. The van der Waals surface area contributed by atoms with E-state index in [1.165, 1.54) is 0 Å². The minimum atomic E-state index is 0.107. The molecule has 0 bridgehead atoms. The normalized spacial score (nSPS) is 10.9. The Kier molecular flexibility index (Phi) is 5.55. The third-order valence-corrected chi connectivity index (χ3v) is 4.28. The van der Waals surface area contributed by atoms with Gasteiger partial charge in [-0.05, 0) is 44.3 Å². The molecule has 0 amide bonds. The van der Waals surface area contributed by atoms with Gasteiger partial charge in [0.05, 0.1) is 12.6 Å². The second-order valence-electron chi connectivity index (χ2n) is 5.81. The molecule has 130 valence electrons. The predicted molar refractivity (Wildman–Crippen MR) is 106 cm³/mol. The van der Waals surface area contributed by atoms with Crippen molar-refractivity contribution in [3.05, 3.63) is 63.3 Å². The molecule has 0 unspecified atom stereocenters. The van der Waals surface area contributed by atoms with Gasteiger partial charge in [0.15, 0.2) is 5.82 Å². The van der Waals surface area contributed by atoms with Crippen molar-refractivity contribution in [2.75, 3.05) is 5.43 Å². The Labute approximate surface area is 160 Å². The smallest absolute Gasteiger partial charge is 0.214 e. The van der Waals surface area contributed by atoms with Gasteiger partial charge in [-0.15, -0.1) is 0 Å². The summed E-state index contributed by atoms with van der Waals surface area (Å²) in [5, 5.41) is 7.17. The Balaban J connectivity index is 1.87. The second-order valence-corrected chi connectivity index (χ2v) is 7.11. The van der Waals surface area contributed by atoms with Crippen LogP contribution in [-0.4, -0.2) is 21.0 Å². The van der Waals surface area contributed by atoms with Gasteiger partial charge in [0.2, 0.25) is 4.77 Å². The number of rotatable bonds is 6. The van der Waals surface area contributed by atoms with E-state index in [1.807, 2.05) is 62.4 Å². The number of ether oxygens (including phenoxy) is 1. The highest BCUT2D eigenvalue weighted by Gasteiger charge is 2.11. The van der Waals surface area contributed by atoms with Crippen LogP contribution in [-0.2, 0) is 6.54 Å². The van der Waals surface area contributed by atoms with Crippen molar-refractivity contribution in [1.29, 1.82) is 0 Å². The molecule has 0 aliphatic rings. The minimum Gasteiger partial charge on any atom is -0.491 e. The first-order valence-electron chi connectivity index (χ1n) is 7.96. The number of H-pyrrole nitrogens is 1. The van der Waals surface area contributed by atoms with Crippen LogP contribution in [0.15, 0.2) is 53.0 Å². The van der Waals surface area contributed by atoms with Gasteiger partial charge in [0.25, 0.3) is 0 Å². The molecular weight excluding hydrogens is 400 g/mol. The first-order chi connectivity index (χ1) is 12.0. The lowest BCUT2D eigenvalue weighted by atomic mass is 10.2. The van der Waals surface area contributed by atoms with Crippen molar-refractivity contribution in [1.82, 2.24) is 14.9 Å². The number of benzene rings is 2. The van der Waals surface area contributed by atoms with Gasteiger partial charge in [-0.1, -0.05) is 46.3 Å². The summed E-state index contributed by atoms with van der Waals surface area (Å²) < 4.78 is 9.19. The van der Waals surface area contributed by atoms with Crippen molar-refractivity contribution in [2.45, 2.75) is 26.5 Å². The van der Waals surface area contributed by atoms with Crippen molar-refractivity contribution in [2.24, 2.45) is 0 Å². The molecule has 7 heteroatoms. The van der Waals surface area contributed by atoms with E-state index in [0.29, 0.717) is 11.3 Å². The molecule has 0 fully saturated rings. The quantitative estimate of drug-likeness (QED) is 0.558. The van der Waals surface area contributed by atoms with Gasteiger partial charge in [0, 0.05) is 15.6 Å². The summed E-state index contributed by atoms with van der Waals surface area (Å²) >= 11 is 8.88. The number of nitrogens with zero attached hydrogens (tertiary/aromatic N) is 2. The third kappa shape index (κ3) is 4.29. The zero-order valence-corrected chi connectivity index (χ0v) is 16.4. The summed E-state index contributed by atoms with van der Waals surface area (Å²) in [6.07, 6.45) is 0.107. The van der Waals surface area contributed by atoms with Crippen LogP contribution < -0.4 is 10.2 Å². The van der Waals surface area contributed by atoms with E-state index in [-0.39, 0.29) is 6.10 Å². The molecule has 0 aliphatic carbocycles. The highest BCUT2D eigenvalue weighted by atomic mass is 79.9. The van der Waals surface area contributed by atoms with Crippen LogP contribution >= 0.6 is 28.1 Å². The molecule has 0 radical (unpaired) electrons. The number of nitrogens with one attached hydrogen (secondary N) is 2. The van der Waals surface area contributed by atoms with Crippen LogP contribution in [0.2, 0.25) is 0 Å². The molecule has 3 aromatic rings. The van der Waals surface area contributed by atoms with Crippen molar-refractivity contribution in [3.63, 3.8) is 0 Å². The predicted octanol–water partition coefficient (Wildman–Crippen LogP) is 4.90. The number of halogens is 1. The molecule has 2 N–H and O–H groups in total. The van der Waals surface area contributed by atoms with E-state index in [9.17, 15) is 0 Å². The number of hydrogen-bond acceptors (Lipinski definition) is 4. The molecule has 0 atom stereocenters. The summed E-state index contributed by atoms with van der Waals surface area (Å²) in [7, 11) is 0. The Morgan fingerprint density at radius 1 is 1.24 bits per heavy atom. The lowest BCUT2D eigenvalue weighted by Crippen LogP contribution is -2.17. The highest BCUT2D eigenvalue weighted by molar-refractivity contribution is 9.10. The Morgan fingerprint density at radius 3 is 2.72 bits per heavy atom. The standard InChI is InChI=1S/C18H19BrN4OS/c1-12(2)24-16-9-8-15(19)10-14(16)11-20-23-17(21-22-18(23)25)13-6-4-3-5-7-13/h3-10,12,20H,11H2,1-2H3,(H,22,25). The van der Waals surface area contributed by atoms with Crippen LogP contribution in [0.5, 0.6) is 5.75 Å². The van der Waals surface area contributed by atoms with Gasteiger partial charge in [-0.25, -0.2) is 9.77 Å². The maximum absolute atomic E-state index is 5.90. The van der Waals surface area contributed by atoms with Crippen molar-refractivity contribution < 1.29 is 4.74 Å². The second kappa shape index (κ2) is 7.84. The molecule has 0 saturated carbocycles. The van der Waals surface area contributed by atoms with E-state index >= 15 is 0 Å². The van der Waals surface area contributed by atoms with Gasteiger partial charge in [-0.3, -0.25) is 0 Å². The Hall–Kier alpha value is -2.12. The topological polar surface area (TPSA) is 54.9 Å². The summed E-state index contributed by atoms with van der Waals surface area (Å²) in [5.41, 5.74) is 5.35. The van der Waals surface area contributed by atoms with E-state index in [0.717, 1.165) is 27.2 Å². The maximum atomic E-state index is 5.90. The molecular formula is C18H19BrN4OS. The van der Waals surface area contributed by atoms with E-state index in [2.05, 4.69) is 31.6 Å². The molecule has 0 saturated heterocycles. The minimum absolute atomic E-state index is 0.107. The number of hydrogen-bond donors (Lipinski definition) is 2. The zero-order valence-electron chi connectivity index (χ0n) is 14.0. The first-order valence-corrected chi connectivity index (χ1v) is 9.16. The van der Waals surface area contributed by atoms with Gasteiger partial charge >= 0.3 is 0 Å². The van der Waals surface area contributed by atoms with Gasteiger partial charge in [-0.2, -0.15) is 5.10 Å². The summed E-state index contributed by atoms with van der Waals surface area (Å²) in [4.78, 5) is 0. The van der Waals surface area contributed by atoms with E-state index < -0.39 is 0 Å². The fourth-order valence-corrected chi connectivity index (χ4v) is 3.05.